The van der Waals surface area contributed by atoms with E-state index in [-0.39, 0.29) is 0 Å². The molecule has 1 aliphatic heterocycles. The fourth-order valence-corrected chi connectivity index (χ4v) is 11.4. The molecule has 64 heavy (non-hydrogen) atoms. The monoisotopic (exact) mass is 815 g/mol. The molecule has 0 saturated carbocycles. The molecule has 0 saturated heterocycles. The average Bonchev–Trinajstić information content (AvgIpc) is 3.83. The molecule has 10 aromatic carbocycles. The fourth-order valence-electron chi connectivity index (χ4n) is 11.4. The van der Waals surface area contributed by atoms with Gasteiger partial charge in [-0.2, -0.15) is 0 Å². The molecule has 1 heterocycles. The number of anilines is 3. The van der Waals surface area contributed by atoms with Crippen LogP contribution in [0.25, 0.3) is 33.4 Å². The fraction of sp³-hybridized carbons (Fsp3) is 0.0323. The minimum atomic E-state index is -0.626. The Hall–Kier alpha value is -8.20. The largest absolute Gasteiger partial charge is 0.457 e. The molecule has 0 radical (unpaired) electrons. The molecule has 0 aromatic heterocycles. The van der Waals surface area contributed by atoms with Crippen molar-refractivity contribution >= 4 is 17.1 Å². The van der Waals surface area contributed by atoms with Gasteiger partial charge in [-0.15, -0.1) is 0 Å². The topological polar surface area (TPSA) is 12.5 Å². The lowest BCUT2D eigenvalue weighted by atomic mass is 9.66. The van der Waals surface area contributed by atoms with Crippen molar-refractivity contribution in [3.8, 4) is 44.9 Å². The molecule has 1 unspecified atom stereocenters. The summed E-state index contributed by atoms with van der Waals surface area (Å²) in [5.74, 6) is 1.76. The summed E-state index contributed by atoms with van der Waals surface area (Å²) in [5, 5.41) is 0. The minimum absolute atomic E-state index is 0.523. The van der Waals surface area contributed by atoms with Crippen LogP contribution in [0.1, 0.15) is 44.5 Å². The van der Waals surface area contributed by atoms with Crippen molar-refractivity contribution in [1.29, 1.82) is 0 Å². The molecular weight excluding hydrogens is 775 g/mol. The van der Waals surface area contributed by atoms with Crippen molar-refractivity contribution in [2.45, 2.75) is 10.8 Å². The first-order valence-electron chi connectivity index (χ1n) is 22.2. The molecule has 0 bridgehead atoms. The molecule has 2 aliphatic carbocycles. The van der Waals surface area contributed by atoms with Gasteiger partial charge in [0.2, 0.25) is 0 Å². The van der Waals surface area contributed by atoms with Crippen LogP contribution in [0, 0.1) is 0 Å². The standard InChI is InChI=1S/C62H41NO/c1-5-19-42(20-6-1)43-33-38-56-60(39-43)64-59-32-18-17-31-55(59)62(56)54-30-16-14-28-50(54)52-37-35-48(41-58(52)62)63(46-25-11-4-12-26-46)47-34-36-51-49-27-13-15-29-53(49)61(57(51)40-47,44-21-7-2-8-22-44)45-23-9-3-10-24-45/h1-41H. The van der Waals surface area contributed by atoms with Gasteiger partial charge >= 0.3 is 0 Å². The van der Waals surface area contributed by atoms with Crippen LogP contribution < -0.4 is 9.64 Å². The van der Waals surface area contributed by atoms with Gasteiger partial charge in [0.1, 0.15) is 11.5 Å². The number of ether oxygens (including phenoxy) is 1. The van der Waals surface area contributed by atoms with E-state index in [0.29, 0.717) is 0 Å². The van der Waals surface area contributed by atoms with Crippen molar-refractivity contribution in [3.05, 3.63) is 293 Å². The Balaban J connectivity index is 1.06. The number of hydrogen-bond acceptors (Lipinski definition) is 2. The van der Waals surface area contributed by atoms with Gasteiger partial charge in [-0.1, -0.05) is 200 Å². The van der Waals surface area contributed by atoms with Crippen LogP contribution in [0.5, 0.6) is 11.5 Å². The van der Waals surface area contributed by atoms with Crippen molar-refractivity contribution in [1.82, 2.24) is 0 Å². The molecular formula is C62H41NO. The zero-order valence-corrected chi connectivity index (χ0v) is 35.0. The highest BCUT2D eigenvalue weighted by molar-refractivity contribution is 5.93. The van der Waals surface area contributed by atoms with Gasteiger partial charge in [0.05, 0.1) is 10.8 Å². The number of benzene rings is 10. The Morgan fingerprint density at radius 1 is 0.266 bits per heavy atom. The van der Waals surface area contributed by atoms with Gasteiger partial charge in [0.25, 0.3) is 0 Å². The lowest BCUT2D eigenvalue weighted by Crippen LogP contribution is -2.32. The molecule has 1 spiro atoms. The molecule has 1 atom stereocenters. The highest BCUT2D eigenvalue weighted by atomic mass is 16.5. The summed E-state index contributed by atoms with van der Waals surface area (Å²) in [7, 11) is 0. The summed E-state index contributed by atoms with van der Waals surface area (Å²) >= 11 is 0. The summed E-state index contributed by atoms with van der Waals surface area (Å²) in [6.07, 6.45) is 0. The summed E-state index contributed by atoms with van der Waals surface area (Å²) < 4.78 is 6.92. The second-order valence-electron chi connectivity index (χ2n) is 17.1. The van der Waals surface area contributed by atoms with Crippen molar-refractivity contribution in [3.63, 3.8) is 0 Å². The van der Waals surface area contributed by atoms with Crippen LogP contribution in [-0.2, 0) is 10.8 Å². The van der Waals surface area contributed by atoms with Gasteiger partial charge in [-0.3, -0.25) is 0 Å². The third-order valence-electron chi connectivity index (χ3n) is 14.0. The van der Waals surface area contributed by atoms with E-state index in [0.717, 1.165) is 50.8 Å². The maximum absolute atomic E-state index is 6.92. The lowest BCUT2D eigenvalue weighted by molar-refractivity contribution is 0.436. The maximum Gasteiger partial charge on any atom is 0.132 e. The summed E-state index contributed by atoms with van der Waals surface area (Å²) in [5.41, 5.74) is 19.3. The number of nitrogens with zero attached hydrogens (tertiary/aromatic N) is 1. The zero-order chi connectivity index (χ0) is 42.2. The van der Waals surface area contributed by atoms with E-state index in [1.54, 1.807) is 0 Å². The number of para-hydroxylation sites is 2. The molecule has 0 fully saturated rings. The van der Waals surface area contributed by atoms with E-state index in [1.165, 1.54) is 55.6 Å². The molecule has 0 amide bonds. The Morgan fingerprint density at radius 2 is 0.719 bits per heavy atom. The third-order valence-corrected chi connectivity index (χ3v) is 14.0. The average molecular weight is 816 g/mol. The molecule has 2 nitrogen and oxygen atoms in total. The van der Waals surface area contributed by atoms with Crippen LogP contribution in [0.15, 0.2) is 249 Å². The van der Waals surface area contributed by atoms with Gasteiger partial charge in [-0.25, -0.2) is 0 Å². The Morgan fingerprint density at radius 3 is 1.33 bits per heavy atom. The Labute approximate surface area is 374 Å². The van der Waals surface area contributed by atoms with Crippen LogP contribution in [0.3, 0.4) is 0 Å². The van der Waals surface area contributed by atoms with Crippen molar-refractivity contribution in [2.75, 3.05) is 4.90 Å². The lowest BCUT2D eigenvalue weighted by Gasteiger charge is -2.40. The second kappa shape index (κ2) is 14.2. The van der Waals surface area contributed by atoms with Crippen LogP contribution in [0.2, 0.25) is 0 Å². The first-order chi connectivity index (χ1) is 31.7. The van der Waals surface area contributed by atoms with E-state index in [9.17, 15) is 0 Å². The molecule has 2 heteroatoms. The van der Waals surface area contributed by atoms with Crippen LogP contribution >= 0.6 is 0 Å². The van der Waals surface area contributed by atoms with E-state index >= 15 is 0 Å². The maximum atomic E-state index is 6.92. The van der Waals surface area contributed by atoms with E-state index in [4.69, 9.17) is 4.74 Å². The highest BCUT2D eigenvalue weighted by Crippen LogP contribution is 2.63. The van der Waals surface area contributed by atoms with E-state index in [1.807, 2.05) is 0 Å². The predicted octanol–water partition coefficient (Wildman–Crippen LogP) is 15.7. The Bertz CT molecular complexity index is 3380. The molecule has 13 rings (SSSR count). The van der Waals surface area contributed by atoms with Gasteiger partial charge in [0.15, 0.2) is 0 Å². The van der Waals surface area contributed by atoms with E-state index < -0.39 is 10.8 Å². The minimum Gasteiger partial charge on any atom is -0.457 e. The van der Waals surface area contributed by atoms with Gasteiger partial charge in [0, 0.05) is 28.2 Å². The molecule has 10 aromatic rings. The smallest absolute Gasteiger partial charge is 0.132 e. The first-order valence-corrected chi connectivity index (χ1v) is 22.2. The molecule has 0 N–H and O–H groups in total. The van der Waals surface area contributed by atoms with Gasteiger partial charge in [-0.05, 0) is 115 Å². The van der Waals surface area contributed by atoms with Gasteiger partial charge < -0.3 is 9.64 Å². The summed E-state index contributed by atoms with van der Waals surface area (Å²) in [6.45, 7) is 0. The SMILES string of the molecule is c1ccc(-c2ccc3c(c2)Oc2ccccc2C32c3ccccc3-c3ccc(N(c4ccccc4)c4ccc5c(c4)C(c4ccccc4)(c4ccccc4)c4ccccc4-5)cc32)cc1. The highest BCUT2D eigenvalue weighted by Gasteiger charge is 2.52. The normalized spacial score (nSPS) is 15.5. The Kier molecular flexibility index (Phi) is 8.07. The third kappa shape index (κ3) is 5.08. The van der Waals surface area contributed by atoms with Crippen molar-refractivity contribution in [2.24, 2.45) is 0 Å². The second-order valence-corrected chi connectivity index (χ2v) is 17.1. The number of rotatable bonds is 6. The van der Waals surface area contributed by atoms with Crippen molar-refractivity contribution < 1.29 is 4.74 Å². The zero-order valence-electron chi connectivity index (χ0n) is 35.0. The summed E-state index contributed by atoms with van der Waals surface area (Å²) in [4.78, 5) is 2.45. The molecule has 300 valence electrons. The summed E-state index contributed by atoms with van der Waals surface area (Å²) in [6, 6.07) is 91.2. The van der Waals surface area contributed by atoms with E-state index in [2.05, 4.69) is 254 Å². The quantitative estimate of drug-likeness (QED) is 0.166. The first kappa shape index (κ1) is 36.5. The van der Waals surface area contributed by atoms with Crippen LogP contribution in [-0.4, -0.2) is 0 Å². The number of hydrogen-bond donors (Lipinski definition) is 0. The predicted molar refractivity (Wildman–Crippen MR) is 261 cm³/mol. The number of fused-ring (bicyclic) bond motifs is 12. The molecule has 3 aliphatic rings. The van der Waals surface area contributed by atoms with Crippen LogP contribution in [0.4, 0.5) is 17.1 Å².